The highest BCUT2D eigenvalue weighted by molar-refractivity contribution is 6.34. The van der Waals surface area contributed by atoms with Crippen LogP contribution < -0.4 is 27.0 Å². The Kier molecular flexibility index (Phi) is 26.7. The van der Waals surface area contributed by atoms with Crippen molar-refractivity contribution in [3.8, 4) is 0 Å². The van der Waals surface area contributed by atoms with Gasteiger partial charge in [-0.15, -0.1) is 0 Å². The third kappa shape index (κ3) is 24.2. The number of amidine groups is 1. The molecule has 5 amide bonds. The molecule has 0 aliphatic rings. The highest BCUT2D eigenvalue weighted by Crippen LogP contribution is 2.22. The molecule has 0 aliphatic carbocycles. The zero-order chi connectivity index (χ0) is 61.5. The predicted molar refractivity (Wildman–Crippen MR) is 308 cm³/mol. The van der Waals surface area contributed by atoms with E-state index in [1.54, 1.807) is 140 Å². The molecule has 0 aromatic heterocycles. The number of nitrogens with one attached hydrogen (secondary N) is 5. The van der Waals surface area contributed by atoms with Crippen molar-refractivity contribution in [3.05, 3.63) is 139 Å². The summed E-state index contributed by atoms with van der Waals surface area (Å²) in [6.07, 6.45) is -1.16. The van der Waals surface area contributed by atoms with Gasteiger partial charge in [-0.2, -0.15) is 4.99 Å². The van der Waals surface area contributed by atoms with Crippen molar-refractivity contribution in [2.75, 3.05) is 27.3 Å². The molecule has 0 bridgehead atoms. The van der Waals surface area contributed by atoms with E-state index in [0.29, 0.717) is 27.8 Å². The van der Waals surface area contributed by atoms with E-state index in [4.69, 9.17) is 53.3 Å². The minimum absolute atomic E-state index is 0.00921. The molecule has 0 radical (unpaired) electrons. The van der Waals surface area contributed by atoms with E-state index in [1.165, 1.54) is 14.2 Å². The number of carbonyl (C=O) groups excluding carboxylic acids is 10. The second kappa shape index (κ2) is 32.2. The SMILES string of the molecule is COC(=O)[C@H](CCC(=O)CNC(=O)c1cccc(CC(=N)N)c1)NC(=O)c1c(C)cccc1Cl.COC(=O)[C@H](CCC(=O)CNC(=O)c1cccc(CC(CC(=O)OC(C)(C)C)=NC(=O)OC(C)(C)C)c1)NC(=O)c1c(C)cccc1Cl. The third-order valence-corrected chi connectivity index (χ3v) is 12.0. The van der Waals surface area contributed by atoms with Gasteiger partial charge < -0.3 is 45.9 Å². The second-order valence-electron chi connectivity index (χ2n) is 20.7. The smallest absolute Gasteiger partial charge is 0.434 e. The van der Waals surface area contributed by atoms with Crippen molar-refractivity contribution in [3.63, 3.8) is 0 Å². The lowest BCUT2D eigenvalue weighted by Gasteiger charge is -2.20. The van der Waals surface area contributed by atoms with Gasteiger partial charge in [0.15, 0.2) is 11.6 Å². The van der Waals surface area contributed by atoms with Crippen molar-refractivity contribution in [2.24, 2.45) is 10.7 Å². The summed E-state index contributed by atoms with van der Waals surface area (Å²) < 4.78 is 20.2. The van der Waals surface area contributed by atoms with Crippen LogP contribution in [0.5, 0.6) is 0 Å². The number of halogens is 2. The van der Waals surface area contributed by atoms with Crippen LogP contribution in [0.2, 0.25) is 10.0 Å². The second-order valence-corrected chi connectivity index (χ2v) is 21.5. The van der Waals surface area contributed by atoms with E-state index < -0.39 is 70.9 Å². The molecular formula is C59H71Cl2N7O14. The van der Waals surface area contributed by atoms with Crippen molar-refractivity contribution in [1.29, 1.82) is 5.41 Å². The van der Waals surface area contributed by atoms with Gasteiger partial charge in [-0.25, -0.2) is 14.4 Å². The van der Waals surface area contributed by atoms with Crippen molar-refractivity contribution < 1.29 is 66.9 Å². The molecule has 23 heteroatoms. The van der Waals surface area contributed by atoms with Gasteiger partial charge in [-0.1, -0.05) is 71.7 Å². The molecule has 2 atom stereocenters. The number of benzene rings is 4. The number of Topliss-reactive ketones (excluding diaryl/α,β-unsaturated/α-hetero) is 2. The van der Waals surface area contributed by atoms with Crippen LogP contribution in [0.15, 0.2) is 89.9 Å². The molecule has 0 saturated carbocycles. The fourth-order valence-corrected chi connectivity index (χ4v) is 8.25. The van der Waals surface area contributed by atoms with Gasteiger partial charge >= 0.3 is 24.0 Å². The summed E-state index contributed by atoms with van der Waals surface area (Å²) in [6, 6.07) is 20.8. The van der Waals surface area contributed by atoms with Gasteiger partial charge in [0.25, 0.3) is 23.6 Å². The van der Waals surface area contributed by atoms with Crippen LogP contribution in [0.4, 0.5) is 4.79 Å². The molecule has 0 aliphatic heterocycles. The van der Waals surface area contributed by atoms with E-state index in [0.717, 1.165) is 0 Å². The number of aliphatic imine (C=N–C) groups is 1. The average molecular weight is 1170 g/mol. The average Bonchev–Trinajstić information content (AvgIpc) is 3.45. The Balaban J connectivity index is 0.000000456. The van der Waals surface area contributed by atoms with Crippen LogP contribution in [-0.2, 0) is 55.8 Å². The predicted octanol–water partition coefficient (Wildman–Crippen LogP) is 7.53. The number of carbonyl (C=O) groups is 10. The molecule has 0 fully saturated rings. The van der Waals surface area contributed by atoms with Gasteiger partial charge in [-0.3, -0.25) is 39.0 Å². The normalized spacial score (nSPS) is 11.9. The summed E-state index contributed by atoms with van der Waals surface area (Å²) in [5.74, 6) is -4.88. The lowest BCUT2D eigenvalue weighted by Crippen LogP contribution is -2.42. The quantitative estimate of drug-likeness (QED) is 0.0171. The maximum atomic E-state index is 12.9. The monoisotopic (exact) mass is 1170 g/mol. The zero-order valence-corrected chi connectivity index (χ0v) is 49.1. The number of amides is 5. The summed E-state index contributed by atoms with van der Waals surface area (Å²) in [6.45, 7) is 13.1. The summed E-state index contributed by atoms with van der Waals surface area (Å²) in [7, 11) is 2.35. The number of rotatable bonds is 24. The first-order valence-electron chi connectivity index (χ1n) is 25.8. The number of nitrogens with two attached hydrogens (primary N) is 1. The standard InChI is InChI=1S/C35H44ClN3O9.C24H27ClN4O5/c1-21-11-9-14-26(36)29(21)31(43)39-27(32(44)46-8)16-15-25(40)20-37-30(42)23-13-10-12-22(17-23)18-24(19-28(41)47-34(2,3)4)38-33(45)48-35(5,6)7;1-14-5-3-8-18(25)21(14)23(32)29-19(24(33)34-2)10-9-17(30)13-28-22(31)16-7-4-6-15(11-16)12-20(26)27/h9-14,17,27H,15-16,18-20H2,1-8H3,(H,37,42)(H,39,43);3-8,11,19H,9-10,12-13H2,1-2H3,(H3,26,27)(H,28,31)(H,29,32)/t27-;19-/m00/s1. The molecule has 21 nitrogen and oxygen atoms in total. The van der Waals surface area contributed by atoms with Crippen LogP contribution >= 0.6 is 23.2 Å². The molecule has 440 valence electrons. The molecule has 0 unspecified atom stereocenters. The molecular weight excluding hydrogens is 1100 g/mol. The Morgan fingerprint density at radius 1 is 0.585 bits per heavy atom. The lowest BCUT2D eigenvalue weighted by atomic mass is 10.0. The minimum atomic E-state index is -1.12. The first-order valence-corrected chi connectivity index (χ1v) is 26.5. The molecule has 4 aromatic rings. The molecule has 0 spiro atoms. The van der Waals surface area contributed by atoms with E-state index in [2.05, 4.69) is 26.3 Å². The molecule has 7 N–H and O–H groups in total. The molecule has 0 heterocycles. The van der Waals surface area contributed by atoms with Crippen LogP contribution in [0, 0.1) is 19.3 Å². The Bertz CT molecular complexity index is 3020. The number of ketones is 2. The number of hydrogen-bond acceptors (Lipinski definition) is 15. The number of ether oxygens (including phenoxy) is 4. The number of hydrogen-bond donors (Lipinski definition) is 6. The Morgan fingerprint density at radius 2 is 0.988 bits per heavy atom. The topological polar surface area (TPSA) is 318 Å². The maximum Gasteiger partial charge on any atom is 0.434 e. The fraction of sp³-hybridized carbons (Fsp3) is 0.390. The Labute approximate surface area is 486 Å². The van der Waals surface area contributed by atoms with Gasteiger partial charge in [0.1, 0.15) is 23.3 Å². The summed E-state index contributed by atoms with van der Waals surface area (Å²) in [5.41, 5.74) is 7.57. The van der Waals surface area contributed by atoms with Gasteiger partial charge in [-0.05, 0) is 127 Å². The first kappa shape index (κ1) is 68.0. The molecule has 82 heavy (non-hydrogen) atoms. The molecule has 4 rings (SSSR count). The van der Waals surface area contributed by atoms with Gasteiger partial charge in [0, 0.05) is 42.5 Å². The lowest BCUT2D eigenvalue weighted by molar-refractivity contribution is -0.153. The number of nitrogens with zero attached hydrogens (tertiary/aromatic N) is 1. The van der Waals surface area contributed by atoms with E-state index in [9.17, 15) is 47.9 Å². The van der Waals surface area contributed by atoms with E-state index in [1.807, 2.05) is 0 Å². The number of methoxy groups -OCH3 is 2. The maximum absolute atomic E-state index is 12.9. The number of esters is 3. The van der Waals surface area contributed by atoms with E-state index in [-0.39, 0.29) is 108 Å². The Morgan fingerprint density at radius 3 is 1.37 bits per heavy atom. The minimum Gasteiger partial charge on any atom is -0.467 e. The fourth-order valence-electron chi connectivity index (χ4n) is 7.63. The van der Waals surface area contributed by atoms with Crippen molar-refractivity contribution in [1.82, 2.24) is 21.3 Å². The van der Waals surface area contributed by atoms with E-state index >= 15 is 0 Å². The van der Waals surface area contributed by atoms with Gasteiger partial charge in [0.2, 0.25) is 0 Å². The summed E-state index contributed by atoms with van der Waals surface area (Å²) >= 11 is 12.3. The highest BCUT2D eigenvalue weighted by atomic mass is 35.5. The van der Waals surface area contributed by atoms with Crippen molar-refractivity contribution >= 4 is 93.9 Å². The Hall–Kier alpha value is -8.30. The largest absolute Gasteiger partial charge is 0.467 e. The van der Waals surface area contributed by atoms with Crippen LogP contribution in [-0.4, -0.2) is 121 Å². The highest BCUT2D eigenvalue weighted by Gasteiger charge is 2.28. The van der Waals surface area contributed by atoms with Crippen LogP contribution in [0.3, 0.4) is 0 Å². The van der Waals surface area contributed by atoms with Crippen molar-refractivity contribution in [2.45, 2.75) is 124 Å². The molecule has 0 saturated heterocycles. The number of aryl methyl sites for hydroxylation is 2. The summed E-state index contributed by atoms with van der Waals surface area (Å²) in [5, 5.41) is 18.0. The molecule has 4 aromatic carbocycles. The zero-order valence-electron chi connectivity index (χ0n) is 47.6. The van der Waals surface area contributed by atoms with Gasteiger partial charge in [0.05, 0.1) is 60.7 Å². The summed E-state index contributed by atoms with van der Waals surface area (Å²) in [4.78, 5) is 129. The van der Waals surface area contributed by atoms with Crippen LogP contribution in [0.1, 0.15) is 137 Å². The first-order chi connectivity index (χ1) is 38.4. The van der Waals surface area contributed by atoms with Crippen LogP contribution in [0.25, 0.3) is 0 Å². The third-order valence-electron chi connectivity index (χ3n) is 11.4.